The third-order valence-corrected chi connectivity index (χ3v) is 3.49. The molecule has 0 aliphatic rings. The van der Waals surface area contributed by atoms with Gasteiger partial charge < -0.3 is 10.8 Å². The summed E-state index contributed by atoms with van der Waals surface area (Å²) in [5, 5.41) is 9.70. The van der Waals surface area contributed by atoms with Gasteiger partial charge in [0.25, 0.3) is 0 Å². The standard InChI is InChI=1S/C15H23NO2/c1-4-8-15(9-5-2,14(17)18)12-10-11(3)6-7-13(12)16/h6-7,10H,4-5,8-9,16H2,1-3H3,(H,17,18). The third-order valence-electron chi connectivity index (χ3n) is 3.49. The van der Waals surface area contributed by atoms with Gasteiger partial charge >= 0.3 is 5.97 Å². The first-order valence-corrected chi connectivity index (χ1v) is 6.58. The molecule has 18 heavy (non-hydrogen) atoms. The highest BCUT2D eigenvalue weighted by Gasteiger charge is 2.40. The second-order valence-corrected chi connectivity index (χ2v) is 4.98. The van der Waals surface area contributed by atoms with Crippen molar-refractivity contribution in [3.05, 3.63) is 29.3 Å². The van der Waals surface area contributed by atoms with Crippen LogP contribution in [0.2, 0.25) is 0 Å². The van der Waals surface area contributed by atoms with Crippen molar-refractivity contribution in [1.29, 1.82) is 0 Å². The highest BCUT2D eigenvalue weighted by molar-refractivity contribution is 5.83. The van der Waals surface area contributed by atoms with E-state index in [1.54, 1.807) is 0 Å². The van der Waals surface area contributed by atoms with Crippen LogP contribution in [0.1, 0.15) is 50.7 Å². The van der Waals surface area contributed by atoms with Gasteiger partial charge in [0.2, 0.25) is 0 Å². The predicted octanol–water partition coefficient (Wildman–Crippen LogP) is 3.50. The minimum Gasteiger partial charge on any atom is -0.481 e. The van der Waals surface area contributed by atoms with Crippen molar-refractivity contribution >= 4 is 11.7 Å². The van der Waals surface area contributed by atoms with E-state index in [4.69, 9.17) is 5.73 Å². The highest BCUT2D eigenvalue weighted by atomic mass is 16.4. The molecule has 0 bridgehead atoms. The summed E-state index contributed by atoms with van der Waals surface area (Å²) in [5.41, 5.74) is 7.59. The second-order valence-electron chi connectivity index (χ2n) is 4.98. The van der Waals surface area contributed by atoms with Gasteiger partial charge in [-0.2, -0.15) is 0 Å². The van der Waals surface area contributed by atoms with E-state index >= 15 is 0 Å². The minimum atomic E-state index is -0.834. The molecule has 0 saturated heterocycles. The number of hydrogen-bond acceptors (Lipinski definition) is 2. The molecule has 1 rings (SSSR count). The van der Waals surface area contributed by atoms with Crippen LogP contribution < -0.4 is 5.73 Å². The van der Waals surface area contributed by atoms with E-state index in [0.717, 1.165) is 24.0 Å². The summed E-state index contributed by atoms with van der Waals surface area (Å²) in [5.74, 6) is -0.761. The summed E-state index contributed by atoms with van der Waals surface area (Å²) < 4.78 is 0. The van der Waals surface area contributed by atoms with Crippen LogP contribution in [-0.4, -0.2) is 11.1 Å². The molecule has 0 atom stereocenters. The zero-order valence-corrected chi connectivity index (χ0v) is 11.5. The zero-order chi connectivity index (χ0) is 13.8. The Hall–Kier alpha value is -1.51. The lowest BCUT2D eigenvalue weighted by molar-refractivity contribution is -0.144. The molecule has 0 heterocycles. The zero-order valence-electron chi connectivity index (χ0n) is 11.5. The van der Waals surface area contributed by atoms with Crippen molar-refractivity contribution < 1.29 is 9.90 Å². The van der Waals surface area contributed by atoms with Crippen molar-refractivity contribution in [2.24, 2.45) is 0 Å². The van der Waals surface area contributed by atoms with E-state index in [1.165, 1.54) is 0 Å². The van der Waals surface area contributed by atoms with Crippen LogP contribution in [-0.2, 0) is 10.2 Å². The van der Waals surface area contributed by atoms with Crippen LogP contribution in [0.3, 0.4) is 0 Å². The lowest BCUT2D eigenvalue weighted by Gasteiger charge is -2.31. The smallest absolute Gasteiger partial charge is 0.314 e. The molecule has 0 fully saturated rings. The van der Waals surface area contributed by atoms with Crippen molar-refractivity contribution in [2.45, 2.75) is 51.9 Å². The molecule has 0 aromatic heterocycles. The monoisotopic (exact) mass is 249 g/mol. The lowest BCUT2D eigenvalue weighted by Crippen LogP contribution is -2.36. The summed E-state index contributed by atoms with van der Waals surface area (Å²) >= 11 is 0. The minimum absolute atomic E-state index is 0.588. The summed E-state index contributed by atoms with van der Waals surface area (Å²) in [6.07, 6.45) is 2.92. The number of anilines is 1. The number of aliphatic carboxylic acids is 1. The Morgan fingerprint density at radius 2 is 1.83 bits per heavy atom. The Morgan fingerprint density at radius 3 is 2.28 bits per heavy atom. The maximum absolute atomic E-state index is 11.8. The number of carbonyl (C=O) groups is 1. The number of nitrogen functional groups attached to an aromatic ring is 1. The highest BCUT2D eigenvalue weighted by Crippen LogP contribution is 2.38. The quantitative estimate of drug-likeness (QED) is 0.758. The van der Waals surface area contributed by atoms with Crippen LogP contribution in [0, 0.1) is 6.92 Å². The molecule has 100 valence electrons. The van der Waals surface area contributed by atoms with Gasteiger partial charge in [-0.05, 0) is 31.4 Å². The molecular weight excluding hydrogens is 226 g/mol. The van der Waals surface area contributed by atoms with E-state index in [9.17, 15) is 9.90 Å². The Morgan fingerprint density at radius 1 is 1.28 bits per heavy atom. The number of hydrogen-bond donors (Lipinski definition) is 2. The third kappa shape index (κ3) is 2.66. The fourth-order valence-corrected chi connectivity index (χ4v) is 2.66. The van der Waals surface area contributed by atoms with Gasteiger partial charge in [-0.3, -0.25) is 4.79 Å². The van der Waals surface area contributed by atoms with Crippen molar-refractivity contribution in [1.82, 2.24) is 0 Å². The van der Waals surface area contributed by atoms with Crippen LogP contribution in [0.4, 0.5) is 5.69 Å². The van der Waals surface area contributed by atoms with E-state index in [2.05, 4.69) is 0 Å². The molecule has 1 aromatic carbocycles. The number of aryl methyl sites for hydroxylation is 1. The number of benzene rings is 1. The SMILES string of the molecule is CCCC(CCC)(C(=O)O)c1cc(C)ccc1N. The fraction of sp³-hybridized carbons (Fsp3) is 0.533. The molecule has 0 unspecified atom stereocenters. The van der Waals surface area contributed by atoms with Gasteiger partial charge in [-0.25, -0.2) is 0 Å². The van der Waals surface area contributed by atoms with Gasteiger partial charge in [-0.15, -0.1) is 0 Å². The van der Waals surface area contributed by atoms with E-state index in [1.807, 2.05) is 39.0 Å². The second kappa shape index (κ2) is 5.89. The predicted molar refractivity (Wildman–Crippen MR) is 74.7 cm³/mol. The molecule has 0 aliphatic carbocycles. The topological polar surface area (TPSA) is 63.3 Å². The molecule has 3 N–H and O–H groups in total. The number of carboxylic acids is 1. The fourth-order valence-electron chi connectivity index (χ4n) is 2.66. The summed E-state index contributed by atoms with van der Waals surface area (Å²) in [6, 6.07) is 5.66. The Kier molecular flexibility index (Phi) is 4.76. The van der Waals surface area contributed by atoms with Crippen molar-refractivity contribution in [3.63, 3.8) is 0 Å². The average molecular weight is 249 g/mol. The summed E-state index contributed by atoms with van der Waals surface area (Å²) in [7, 11) is 0. The molecule has 0 radical (unpaired) electrons. The number of nitrogens with two attached hydrogens (primary N) is 1. The van der Waals surface area contributed by atoms with E-state index < -0.39 is 11.4 Å². The van der Waals surface area contributed by atoms with E-state index in [-0.39, 0.29) is 0 Å². The number of carboxylic acid groups (broad SMARTS) is 1. The Labute approximate surface area is 109 Å². The van der Waals surface area contributed by atoms with Gasteiger partial charge in [0.15, 0.2) is 0 Å². The first-order valence-electron chi connectivity index (χ1n) is 6.58. The van der Waals surface area contributed by atoms with Crippen molar-refractivity contribution in [3.8, 4) is 0 Å². The summed E-state index contributed by atoms with van der Waals surface area (Å²) in [6.45, 7) is 5.99. The molecular formula is C15H23NO2. The molecule has 0 aliphatic heterocycles. The first kappa shape index (κ1) is 14.6. The van der Waals surface area contributed by atoms with Gasteiger partial charge in [-0.1, -0.05) is 44.4 Å². The average Bonchev–Trinajstić information content (AvgIpc) is 2.31. The molecule has 0 spiro atoms. The van der Waals surface area contributed by atoms with Crippen LogP contribution in [0.15, 0.2) is 18.2 Å². The first-order chi connectivity index (χ1) is 8.47. The Balaban J connectivity index is 3.39. The van der Waals surface area contributed by atoms with Crippen LogP contribution in [0.5, 0.6) is 0 Å². The van der Waals surface area contributed by atoms with E-state index in [0.29, 0.717) is 18.5 Å². The molecule has 3 heteroatoms. The van der Waals surface area contributed by atoms with Gasteiger partial charge in [0.1, 0.15) is 0 Å². The molecule has 0 amide bonds. The lowest BCUT2D eigenvalue weighted by atomic mass is 9.72. The van der Waals surface area contributed by atoms with Crippen LogP contribution in [0.25, 0.3) is 0 Å². The maximum atomic E-state index is 11.8. The molecule has 0 saturated carbocycles. The van der Waals surface area contributed by atoms with Crippen molar-refractivity contribution in [2.75, 3.05) is 5.73 Å². The van der Waals surface area contributed by atoms with Gasteiger partial charge in [0, 0.05) is 5.69 Å². The maximum Gasteiger partial charge on any atom is 0.314 e. The molecule has 1 aromatic rings. The number of rotatable bonds is 6. The summed E-state index contributed by atoms with van der Waals surface area (Å²) in [4.78, 5) is 11.8. The Bertz CT molecular complexity index is 421. The van der Waals surface area contributed by atoms with Gasteiger partial charge in [0.05, 0.1) is 5.41 Å². The largest absolute Gasteiger partial charge is 0.481 e. The molecule has 3 nitrogen and oxygen atoms in total. The van der Waals surface area contributed by atoms with Crippen LogP contribution >= 0.6 is 0 Å². The normalized spacial score (nSPS) is 11.5.